The van der Waals surface area contributed by atoms with Crippen molar-refractivity contribution in [1.29, 1.82) is 0 Å². The Balaban J connectivity index is 2.69. The Morgan fingerprint density at radius 1 is 1.11 bits per heavy atom. The van der Waals surface area contributed by atoms with Gasteiger partial charge in [0.25, 0.3) is 0 Å². The van der Waals surface area contributed by atoms with Crippen molar-refractivity contribution < 1.29 is 0 Å². The van der Waals surface area contributed by atoms with Gasteiger partial charge < -0.3 is 9.80 Å². The molecule has 0 aromatic heterocycles. The van der Waals surface area contributed by atoms with Crippen molar-refractivity contribution in [2.24, 2.45) is 5.41 Å². The van der Waals surface area contributed by atoms with Gasteiger partial charge in [-0.3, -0.25) is 4.79 Å². The Bertz CT molecular complexity index is 479. The van der Waals surface area contributed by atoms with Crippen molar-refractivity contribution in [2.45, 2.75) is 33.6 Å². The van der Waals surface area contributed by atoms with Crippen molar-refractivity contribution in [3.05, 3.63) is 14.7 Å². The van der Waals surface area contributed by atoms with Crippen LogP contribution in [0.4, 0.5) is 11.4 Å². The molecule has 0 aliphatic rings. The fourth-order valence-corrected chi connectivity index (χ4v) is 2.44. The first-order chi connectivity index (χ1) is 8.15. The Morgan fingerprint density at radius 3 is 2.11 bits per heavy atom. The lowest BCUT2D eigenvalue weighted by atomic mass is 9.90. The van der Waals surface area contributed by atoms with E-state index in [4.69, 9.17) is 12.2 Å². The number of hydrogen-bond acceptors (Lipinski definition) is 4. The van der Waals surface area contributed by atoms with Crippen LogP contribution in [-0.2, 0) is 0 Å². The van der Waals surface area contributed by atoms with Gasteiger partial charge in [-0.1, -0.05) is 33.0 Å². The molecule has 18 heavy (non-hydrogen) atoms. The molecule has 0 aliphatic heterocycles. The molecule has 3 nitrogen and oxygen atoms in total. The van der Waals surface area contributed by atoms with Crippen LogP contribution in [0.3, 0.4) is 0 Å². The van der Waals surface area contributed by atoms with Crippen LogP contribution in [0.25, 0.3) is 0 Å². The summed E-state index contributed by atoms with van der Waals surface area (Å²) in [5, 5.41) is 0. The van der Waals surface area contributed by atoms with E-state index in [1.807, 2.05) is 26.0 Å². The number of rotatable bonds is 5. The van der Waals surface area contributed by atoms with Gasteiger partial charge in [0.2, 0.25) is 5.43 Å². The minimum absolute atomic E-state index is 0.00710. The first-order valence-electron chi connectivity index (χ1n) is 6.37. The molecule has 0 aliphatic carbocycles. The molecule has 0 fully saturated rings. The molecule has 1 rings (SSSR count). The van der Waals surface area contributed by atoms with Gasteiger partial charge in [-0.2, -0.15) is 0 Å². The normalized spacial score (nSPS) is 11.9. The molecule has 1 aromatic rings. The first kappa shape index (κ1) is 15.2. The minimum Gasteiger partial charge on any atom is -0.373 e. The van der Waals surface area contributed by atoms with Crippen molar-refractivity contribution in [3.8, 4) is 0 Å². The molecule has 1 aromatic carbocycles. The molecule has 0 heterocycles. The summed E-state index contributed by atoms with van der Waals surface area (Å²) in [4.78, 5) is 15.7. The largest absolute Gasteiger partial charge is 0.373 e. The number of anilines is 2. The molecular weight excluding hydrogens is 244 g/mol. The zero-order valence-corrected chi connectivity index (χ0v) is 13.1. The zero-order chi connectivity index (χ0) is 14.1. The lowest BCUT2D eigenvalue weighted by Gasteiger charge is -2.28. The standard InChI is InChI=1S/C14H24N2OS/c1-14(2,3)8-7-9-16(6)11-10(15(4)5)12(17)13(11)18/h7-9H2,1-6H3. The average molecular weight is 268 g/mol. The number of hydrogen-bond donors (Lipinski definition) is 0. The Morgan fingerprint density at radius 2 is 1.67 bits per heavy atom. The van der Waals surface area contributed by atoms with Gasteiger partial charge in [-0.05, 0) is 18.3 Å². The van der Waals surface area contributed by atoms with E-state index in [1.165, 1.54) is 6.42 Å². The van der Waals surface area contributed by atoms with E-state index in [0.717, 1.165) is 24.3 Å². The Kier molecular flexibility index (Phi) is 4.54. The zero-order valence-electron chi connectivity index (χ0n) is 12.3. The van der Waals surface area contributed by atoms with E-state index < -0.39 is 0 Å². The molecular formula is C14H24N2OS. The molecule has 0 spiro atoms. The molecule has 4 heteroatoms. The van der Waals surface area contributed by atoms with Gasteiger partial charge >= 0.3 is 0 Å². The summed E-state index contributed by atoms with van der Waals surface area (Å²) < 4.78 is 0.483. The summed E-state index contributed by atoms with van der Waals surface area (Å²) in [7, 11) is 5.79. The summed E-state index contributed by atoms with van der Waals surface area (Å²) in [6.07, 6.45) is 2.28. The lowest BCUT2D eigenvalue weighted by molar-refractivity contribution is 0.367. The van der Waals surface area contributed by atoms with E-state index in [-0.39, 0.29) is 5.43 Å². The lowest BCUT2D eigenvalue weighted by Crippen LogP contribution is -2.32. The third-order valence-corrected chi connectivity index (χ3v) is 3.49. The average Bonchev–Trinajstić information content (AvgIpc) is 2.21. The maximum atomic E-state index is 11.7. The van der Waals surface area contributed by atoms with E-state index >= 15 is 0 Å². The topological polar surface area (TPSA) is 23.6 Å². The smallest absolute Gasteiger partial charge is 0.224 e. The van der Waals surface area contributed by atoms with Gasteiger partial charge in [0.05, 0.1) is 5.69 Å². The first-order valence-corrected chi connectivity index (χ1v) is 6.78. The maximum Gasteiger partial charge on any atom is 0.224 e. The van der Waals surface area contributed by atoms with E-state index in [2.05, 4.69) is 25.7 Å². The van der Waals surface area contributed by atoms with Gasteiger partial charge in [0, 0.05) is 27.7 Å². The summed E-state index contributed by atoms with van der Waals surface area (Å²) in [5.74, 6) is 0. The quantitative estimate of drug-likeness (QED) is 0.766. The van der Waals surface area contributed by atoms with E-state index in [0.29, 0.717) is 9.93 Å². The third kappa shape index (κ3) is 3.31. The highest BCUT2D eigenvalue weighted by molar-refractivity contribution is 7.71. The molecule has 0 N–H and O–H groups in total. The van der Waals surface area contributed by atoms with Gasteiger partial charge in [0.1, 0.15) is 10.2 Å². The van der Waals surface area contributed by atoms with E-state index in [1.54, 1.807) is 0 Å². The van der Waals surface area contributed by atoms with Gasteiger partial charge in [0.15, 0.2) is 0 Å². The molecule has 0 unspecified atom stereocenters. The van der Waals surface area contributed by atoms with Crippen LogP contribution in [0.1, 0.15) is 33.6 Å². The molecule has 102 valence electrons. The summed E-state index contributed by atoms with van der Waals surface area (Å²) in [5.41, 5.74) is 2.05. The van der Waals surface area contributed by atoms with Crippen LogP contribution < -0.4 is 15.2 Å². The van der Waals surface area contributed by atoms with Crippen molar-refractivity contribution in [3.63, 3.8) is 0 Å². The Labute approximate surface area is 115 Å². The second-order valence-corrected chi connectivity index (χ2v) is 6.74. The highest BCUT2D eigenvalue weighted by atomic mass is 32.1. The van der Waals surface area contributed by atoms with Crippen LogP contribution in [0.15, 0.2) is 4.79 Å². The number of nitrogens with zero attached hydrogens (tertiary/aromatic N) is 2. The van der Waals surface area contributed by atoms with Crippen LogP contribution in [0.2, 0.25) is 0 Å². The van der Waals surface area contributed by atoms with Crippen LogP contribution in [-0.4, -0.2) is 27.7 Å². The second-order valence-electron chi connectivity index (χ2n) is 6.34. The summed E-state index contributed by atoms with van der Waals surface area (Å²) >= 11 is 5.15. The maximum absolute atomic E-state index is 11.7. The summed E-state index contributed by atoms with van der Waals surface area (Å²) in [6, 6.07) is 0. The predicted molar refractivity (Wildman–Crippen MR) is 82.2 cm³/mol. The van der Waals surface area contributed by atoms with Crippen LogP contribution >= 0.6 is 12.2 Å². The molecule has 0 atom stereocenters. The molecule has 0 saturated carbocycles. The van der Waals surface area contributed by atoms with Crippen molar-refractivity contribution in [1.82, 2.24) is 0 Å². The third-order valence-electron chi connectivity index (χ3n) is 3.11. The Hall–Kier alpha value is -0.900. The van der Waals surface area contributed by atoms with Crippen LogP contribution in [0.5, 0.6) is 0 Å². The fraction of sp³-hybridized carbons (Fsp3) is 0.714. The van der Waals surface area contributed by atoms with Gasteiger partial charge in [-0.15, -0.1) is 0 Å². The minimum atomic E-state index is 0.00710. The molecule has 0 amide bonds. The molecule has 0 saturated heterocycles. The molecule has 0 radical (unpaired) electrons. The highest BCUT2D eigenvalue weighted by Gasteiger charge is 2.22. The van der Waals surface area contributed by atoms with Crippen molar-refractivity contribution >= 4 is 23.6 Å². The van der Waals surface area contributed by atoms with Crippen molar-refractivity contribution in [2.75, 3.05) is 37.5 Å². The van der Waals surface area contributed by atoms with Gasteiger partial charge in [-0.25, -0.2) is 0 Å². The fourth-order valence-electron chi connectivity index (χ4n) is 2.10. The highest BCUT2D eigenvalue weighted by Crippen LogP contribution is 2.29. The van der Waals surface area contributed by atoms with E-state index in [9.17, 15) is 4.79 Å². The molecule has 0 bridgehead atoms. The predicted octanol–water partition coefficient (Wildman–Crippen LogP) is 2.98. The van der Waals surface area contributed by atoms with Crippen LogP contribution in [0, 0.1) is 9.93 Å². The summed E-state index contributed by atoms with van der Waals surface area (Å²) in [6.45, 7) is 7.68. The second kappa shape index (κ2) is 5.39. The SMILES string of the molecule is CN(C)c1c(N(C)CCCC(C)(C)C)c(=S)c1=O. The monoisotopic (exact) mass is 268 g/mol.